The molecule has 1 atom stereocenters. The number of piperazine rings is 1. The van der Waals surface area contributed by atoms with Gasteiger partial charge >= 0.3 is 0 Å². The number of fused-ring (bicyclic) bond motifs is 1. The molecule has 0 unspecified atom stereocenters. The van der Waals surface area contributed by atoms with Crippen molar-refractivity contribution >= 4 is 29.3 Å². The van der Waals surface area contributed by atoms with Gasteiger partial charge in [0.15, 0.2) is 5.82 Å². The molecule has 6 rings (SSSR count). The maximum atomic E-state index is 12.0. The Balaban J connectivity index is 1.35. The number of rotatable bonds is 7. The van der Waals surface area contributed by atoms with Gasteiger partial charge in [0.2, 0.25) is 17.8 Å². The van der Waals surface area contributed by atoms with Crippen molar-refractivity contribution in [2.75, 3.05) is 42.9 Å². The maximum absolute atomic E-state index is 12.0. The zero-order chi connectivity index (χ0) is 22.4. The van der Waals surface area contributed by atoms with Crippen LogP contribution in [-0.2, 0) is 11.3 Å². The molecular formula is C22H30N10O. The molecule has 11 nitrogen and oxygen atoms in total. The van der Waals surface area contributed by atoms with Crippen molar-refractivity contribution in [3.05, 3.63) is 29.6 Å². The second-order valence-electron chi connectivity index (χ2n) is 9.31. The molecule has 0 aromatic carbocycles. The van der Waals surface area contributed by atoms with Gasteiger partial charge in [-0.25, -0.2) is 0 Å². The lowest BCUT2D eigenvalue weighted by atomic mass is 10.2. The zero-order valence-electron chi connectivity index (χ0n) is 18.6. The average Bonchev–Trinajstić information content (AvgIpc) is 3.20. The van der Waals surface area contributed by atoms with Gasteiger partial charge in [-0.05, 0) is 37.3 Å². The third-order valence-corrected chi connectivity index (χ3v) is 6.81. The first-order valence-electron chi connectivity index (χ1n) is 11.8. The maximum Gasteiger partial charge on any atom is 0.240 e. The fourth-order valence-corrected chi connectivity index (χ4v) is 4.89. The number of amides is 1. The smallest absolute Gasteiger partial charge is 0.240 e. The molecule has 3 aromatic rings. The summed E-state index contributed by atoms with van der Waals surface area (Å²) in [4.78, 5) is 26.0. The average molecular weight is 451 g/mol. The van der Waals surface area contributed by atoms with E-state index in [9.17, 15) is 4.79 Å². The van der Waals surface area contributed by atoms with Crippen LogP contribution in [0.1, 0.15) is 42.9 Å². The number of carbonyl (C=O) groups excluding carboxylic acids is 1. The SMILES string of the molecule is NC(=O)[C@@H]1CCCN1c1nc(Nc2cc(C3CC3)[nH]n2)n2cc(CN3CCNCC3)cc2n1. The van der Waals surface area contributed by atoms with Crippen molar-refractivity contribution in [3.63, 3.8) is 0 Å². The van der Waals surface area contributed by atoms with Crippen LogP contribution in [0.3, 0.4) is 0 Å². The highest BCUT2D eigenvalue weighted by molar-refractivity contribution is 5.83. The van der Waals surface area contributed by atoms with Gasteiger partial charge in [-0.3, -0.25) is 19.2 Å². The molecule has 3 aromatic heterocycles. The van der Waals surface area contributed by atoms with Gasteiger partial charge in [-0.1, -0.05) is 0 Å². The number of hydrogen-bond acceptors (Lipinski definition) is 8. The molecule has 33 heavy (non-hydrogen) atoms. The highest BCUT2D eigenvalue weighted by Gasteiger charge is 2.32. The standard InChI is InChI=1S/C22H30N10O/c23-20(33)17-2-1-7-31(17)22-26-19-10-14(12-30-8-5-24-6-9-30)13-32(19)21(27-22)25-18-11-16(28-29-18)15-3-4-15/h10-11,13,15,17,24H,1-9,12H2,(H2,23,33)(H2,25,26,27,28,29)/t17-/m0/s1. The minimum atomic E-state index is -0.373. The van der Waals surface area contributed by atoms with Crippen LogP contribution in [0.15, 0.2) is 18.3 Å². The Morgan fingerprint density at radius 1 is 1.15 bits per heavy atom. The Morgan fingerprint density at radius 2 is 2.00 bits per heavy atom. The second kappa shape index (κ2) is 8.31. The molecule has 0 radical (unpaired) electrons. The molecular weight excluding hydrogens is 420 g/mol. The van der Waals surface area contributed by atoms with Gasteiger partial charge < -0.3 is 21.3 Å². The molecule has 1 saturated carbocycles. The van der Waals surface area contributed by atoms with Crippen molar-refractivity contribution in [2.24, 2.45) is 5.73 Å². The predicted octanol–water partition coefficient (Wildman–Crippen LogP) is 0.933. The van der Waals surface area contributed by atoms with E-state index in [1.54, 1.807) is 0 Å². The third-order valence-electron chi connectivity index (χ3n) is 6.81. The Bertz CT molecular complexity index is 1160. The molecule has 0 bridgehead atoms. The summed E-state index contributed by atoms with van der Waals surface area (Å²) >= 11 is 0. The minimum absolute atomic E-state index is 0.332. The van der Waals surface area contributed by atoms with Crippen molar-refractivity contribution in [2.45, 2.75) is 44.2 Å². The Kier molecular flexibility index (Phi) is 5.14. The molecule has 1 aliphatic carbocycles. The summed E-state index contributed by atoms with van der Waals surface area (Å²) in [6.45, 7) is 5.65. The van der Waals surface area contributed by atoms with Crippen LogP contribution in [0, 0.1) is 0 Å². The van der Waals surface area contributed by atoms with Crippen LogP contribution in [-0.4, -0.2) is 74.1 Å². The number of H-pyrrole nitrogens is 1. The molecule has 11 heteroatoms. The minimum Gasteiger partial charge on any atom is -0.368 e. The lowest BCUT2D eigenvalue weighted by Gasteiger charge is -2.26. The van der Waals surface area contributed by atoms with E-state index >= 15 is 0 Å². The van der Waals surface area contributed by atoms with Gasteiger partial charge in [-0.15, -0.1) is 0 Å². The van der Waals surface area contributed by atoms with E-state index in [1.807, 2.05) is 9.30 Å². The number of aromatic nitrogens is 5. The van der Waals surface area contributed by atoms with E-state index < -0.39 is 0 Å². The van der Waals surface area contributed by atoms with Crippen LogP contribution in [0.2, 0.25) is 0 Å². The fraction of sp³-hybridized carbons (Fsp3) is 0.545. The first-order chi connectivity index (χ1) is 16.1. The number of nitrogens with one attached hydrogen (secondary N) is 3. The third kappa shape index (κ3) is 4.13. The van der Waals surface area contributed by atoms with Gasteiger partial charge in [0.05, 0.1) is 0 Å². The molecule has 2 saturated heterocycles. The van der Waals surface area contributed by atoms with Crippen molar-refractivity contribution < 1.29 is 4.79 Å². The lowest BCUT2D eigenvalue weighted by Crippen LogP contribution is -2.42. The molecule has 0 spiro atoms. The summed E-state index contributed by atoms with van der Waals surface area (Å²) in [5.41, 5.74) is 8.79. The Hall–Kier alpha value is -3.18. The number of aromatic amines is 1. The van der Waals surface area contributed by atoms with Gasteiger partial charge in [0.25, 0.3) is 0 Å². The van der Waals surface area contributed by atoms with Crippen LogP contribution < -0.4 is 21.3 Å². The number of anilines is 3. The Morgan fingerprint density at radius 3 is 2.79 bits per heavy atom. The summed E-state index contributed by atoms with van der Waals surface area (Å²) < 4.78 is 1.97. The van der Waals surface area contributed by atoms with E-state index in [4.69, 9.17) is 15.7 Å². The second-order valence-corrected chi connectivity index (χ2v) is 9.31. The molecule has 3 aliphatic rings. The number of nitrogens with two attached hydrogens (primary N) is 1. The summed E-state index contributed by atoms with van der Waals surface area (Å²) in [6.07, 6.45) is 6.13. The number of primary amides is 1. The lowest BCUT2D eigenvalue weighted by molar-refractivity contribution is -0.119. The highest BCUT2D eigenvalue weighted by atomic mass is 16.1. The molecule has 3 fully saturated rings. The summed E-state index contributed by atoms with van der Waals surface area (Å²) in [6, 6.07) is 3.79. The van der Waals surface area contributed by atoms with Crippen LogP contribution in [0.4, 0.5) is 17.7 Å². The van der Waals surface area contributed by atoms with E-state index in [-0.39, 0.29) is 11.9 Å². The normalized spacial score (nSPS) is 21.7. The van der Waals surface area contributed by atoms with Crippen LogP contribution in [0.25, 0.3) is 5.65 Å². The van der Waals surface area contributed by atoms with Gasteiger partial charge in [0.1, 0.15) is 11.7 Å². The zero-order valence-corrected chi connectivity index (χ0v) is 18.6. The fourth-order valence-electron chi connectivity index (χ4n) is 4.89. The monoisotopic (exact) mass is 450 g/mol. The largest absolute Gasteiger partial charge is 0.368 e. The highest BCUT2D eigenvalue weighted by Crippen LogP contribution is 2.39. The van der Waals surface area contributed by atoms with Crippen molar-refractivity contribution in [3.8, 4) is 0 Å². The molecule has 5 N–H and O–H groups in total. The topological polar surface area (TPSA) is 132 Å². The van der Waals surface area contributed by atoms with E-state index in [2.05, 4.69) is 44.1 Å². The Labute approximate surface area is 191 Å². The molecule has 174 valence electrons. The molecule has 1 amide bonds. The summed E-state index contributed by atoms with van der Waals surface area (Å²) in [5, 5.41) is 14.4. The first-order valence-corrected chi connectivity index (χ1v) is 11.8. The molecule has 2 aliphatic heterocycles. The quantitative estimate of drug-likeness (QED) is 0.418. The number of carbonyl (C=O) groups is 1. The summed E-state index contributed by atoms with van der Waals surface area (Å²) in [7, 11) is 0. The van der Waals surface area contributed by atoms with Gasteiger partial charge in [0, 0.05) is 63.1 Å². The van der Waals surface area contributed by atoms with Gasteiger partial charge in [-0.2, -0.15) is 15.1 Å². The van der Waals surface area contributed by atoms with Crippen LogP contribution >= 0.6 is 0 Å². The van der Waals surface area contributed by atoms with E-state index in [0.29, 0.717) is 24.4 Å². The first kappa shape index (κ1) is 20.4. The molecule has 5 heterocycles. The number of hydrogen-bond donors (Lipinski definition) is 4. The van der Waals surface area contributed by atoms with Crippen LogP contribution in [0.5, 0.6) is 0 Å². The van der Waals surface area contributed by atoms with Crippen molar-refractivity contribution in [1.82, 2.24) is 34.8 Å². The van der Waals surface area contributed by atoms with Crippen molar-refractivity contribution in [1.29, 1.82) is 0 Å². The summed E-state index contributed by atoms with van der Waals surface area (Å²) in [5.74, 6) is 2.14. The number of nitrogens with zero attached hydrogens (tertiary/aromatic N) is 6. The predicted molar refractivity (Wildman–Crippen MR) is 125 cm³/mol. The van der Waals surface area contributed by atoms with E-state index in [1.165, 1.54) is 18.4 Å². The van der Waals surface area contributed by atoms with E-state index in [0.717, 1.165) is 62.7 Å².